The van der Waals surface area contributed by atoms with Crippen LogP contribution in [0.1, 0.15) is 26.2 Å². The Morgan fingerprint density at radius 1 is 0.762 bits per heavy atom. The Kier molecular flexibility index (Phi) is 11.9. The van der Waals surface area contributed by atoms with Crippen LogP contribution in [0.3, 0.4) is 0 Å². The molecular formula is C15H36O4Si2. The molecule has 0 rings (SSSR count). The number of hydrogen-bond donors (Lipinski definition) is 1. The van der Waals surface area contributed by atoms with Gasteiger partial charge in [-0.15, -0.1) is 0 Å². The molecule has 0 aliphatic heterocycles. The van der Waals surface area contributed by atoms with Gasteiger partial charge in [-0.05, 0) is 57.5 Å². The van der Waals surface area contributed by atoms with Crippen LogP contribution in [0.15, 0.2) is 0 Å². The number of hydrogen-bond acceptors (Lipinski definition) is 4. The zero-order valence-electron chi connectivity index (χ0n) is 14.7. The normalized spacial score (nSPS) is 12.9. The van der Waals surface area contributed by atoms with Gasteiger partial charge in [-0.3, -0.25) is 0 Å². The first-order chi connectivity index (χ1) is 9.83. The molecule has 0 saturated heterocycles. The van der Waals surface area contributed by atoms with E-state index in [-0.39, 0.29) is 6.61 Å². The summed E-state index contributed by atoms with van der Waals surface area (Å²) >= 11 is 0. The number of rotatable bonds is 14. The molecule has 0 bridgehead atoms. The second-order valence-electron chi connectivity index (χ2n) is 6.78. The minimum Gasteiger partial charge on any atom is -0.455 e. The molecule has 6 heteroatoms. The number of aliphatic hydroxyl groups is 1. The summed E-state index contributed by atoms with van der Waals surface area (Å²) in [7, 11) is -3.17. The Hall–Kier alpha value is 0.274. The molecule has 1 N–H and O–H groups in total. The molecule has 128 valence electrons. The Balaban J connectivity index is 3.87. The van der Waals surface area contributed by atoms with Gasteiger partial charge in [-0.1, -0.05) is 6.92 Å². The van der Waals surface area contributed by atoms with E-state index in [9.17, 15) is 0 Å². The first-order valence-corrected chi connectivity index (χ1v) is 14.5. The second-order valence-corrected chi connectivity index (χ2v) is 15.6. The molecule has 0 aromatic carbocycles. The van der Waals surface area contributed by atoms with Crippen LogP contribution in [0, 0.1) is 0 Å². The van der Waals surface area contributed by atoms with E-state index in [2.05, 4.69) is 33.1 Å². The summed E-state index contributed by atoms with van der Waals surface area (Å²) in [6.45, 7) is 14.4. The lowest BCUT2D eigenvalue weighted by atomic mass is 10.5. The van der Waals surface area contributed by atoms with Crippen LogP contribution in [0.2, 0.25) is 38.3 Å². The molecule has 0 aliphatic carbocycles. The highest BCUT2D eigenvalue weighted by Gasteiger charge is 2.32. The van der Waals surface area contributed by atoms with Crippen LogP contribution in [0.4, 0.5) is 0 Å². The molecule has 4 nitrogen and oxygen atoms in total. The minimum absolute atomic E-state index is 0.109. The van der Waals surface area contributed by atoms with Crippen LogP contribution >= 0.6 is 0 Å². The molecule has 0 heterocycles. The minimum atomic E-state index is -1.60. The van der Waals surface area contributed by atoms with Gasteiger partial charge in [0, 0.05) is 19.8 Å². The molecule has 0 radical (unpaired) electrons. The second kappa shape index (κ2) is 11.8. The lowest BCUT2D eigenvalue weighted by Crippen LogP contribution is -2.44. The van der Waals surface area contributed by atoms with Gasteiger partial charge < -0.3 is 18.7 Å². The van der Waals surface area contributed by atoms with Crippen molar-refractivity contribution in [1.29, 1.82) is 0 Å². The lowest BCUT2D eigenvalue weighted by Gasteiger charge is -2.34. The van der Waals surface area contributed by atoms with Gasteiger partial charge >= 0.3 is 0 Å². The first-order valence-electron chi connectivity index (χ1n) is 8.29. The molecule has 0 aliphatic rings. The third-order valence-corrected chi connectivity index (χ3v) is 10.8. The molecule has 0 amide bonds. The summed E-state index contributed by atoms with van der Waals surface area (Å²) in [6, 6.07) is 2.30. The fourth-order valence-corrected chi connectivity index (χ4v) is 11.3. The highest BCUT2D eigenvalue weighted by atomic mass is 28.4. The van der Waals surface area contributed by atoms with Crippen molar-refractivity contribution in [3.8, 4) is 0 Å². The summed E-state index contributed by atoms with van der Waals surface area (Å²) in [5, 5.41) is 8.67. The third-order valence-electron chi connectivity index (χ3n) is 3.27. The Bertz CT molecular complexity index is 224. The molecule has 0 spiro atoms. The van der Waals surface area contributed by atoms with Crippen molar-refractivity contribution >= 4 is 16.6 Å². The predicted octanol–water partition coefficient (Wildman–Crippen LogP) is 3.63. The smallest absolute Gasteiger partial charge is 0.173 e. The van der Waals surface area contributed by atoms with Gasteiger partial charge in [0.2, 0.25) is 0 Å². The summed E-state index contributed by atoms with van der Waals surface area (Å²) in [6.07, 6.45) is 3.24. The molecule has 0 aromatic heterocycles. The molecule has 0 saturated carbocycles. The molecule has 0 aromatic rings. The lowest BCUT2D eigenvalue weighted by molar-refractivity contribution is 0.0924. The van der Waals surface area contributed by atoms with Gasteiger partial charge in [-0.25, -0.2) is 0 Å². The average Bonchev–Trinajstić information content (AvgIpc) is 2.36. The molecule has 0 fully saturated rings. The zero-order chi connectivity index (χ0) is 16.2. The van der Waals surface area contributed by atoms with E-state index in [1.54, 1.807) is 0 Å². The highest BCUT2D eigenvalue weighted by Crippen LogP contribution is 2.23. The largest absolute Gasteiger partial charge is 0.455 e. The van der Waals surface area contributed by atoms with E-state index in [0.717, 1.165) is 45.1 Å². The van der Waals surface area contributed by atoms with Crippen molar-refractivity contribution in [3.63, 3.8) is 0 Å². The van der Waals surface area contributed by atoms with E-state index < -0.39 is 16.6 Å². The van der Waals surface area contributed by atoms with Crippen LogP contribution < -0.4 is 0 Å². The topological polar surface area (TPSA) is 47.9 Å². The number of aliphatic hydroxyl groups excluding tert-OH is 1. The summed E-state index contributed by atoms with van der Waals surface area (Å²) in [5.41, 5.74) is 0. The first kappa shape index (κ1) is 21.3. The fraction of sp³-hybridized carbons (Fsp3) is 1.00. The predicted molar refractivity (Wildman–Crippen MR) is 93.9 cm³/mol. The third kappa shape index (κ3) is 13.6. The Labute approximate surface area is 133 Å². The zero-order valence-corrected chi connectivity index (χ0v) is 16.7. The van der Waals surface area contributed by atoms with E-state index >= 15 is 0 Å². The van der Waals surface area contributed by atoms with Crippen molar-refractivity contribution in [2.24, 2.45) is 0 Å². The van der Waals surface area contributed by atoms with Crippen LogP contribution in [0.5, 0.6) is 0 Å². The maximum absolute atomic E-state index is 8.67. The van der Waals surface area contributed by atoms with E-state index in [0.29, 0.717) is 6.61 Å². The quantitative estimate of drug-likeness (QED) is 0.389. The average molecular weight is 337 g/mol. The van der Waals surface area contributed by atoms with Crippen molar-refractivity contribution in [2.75, 3.05) is 33.0 Å². The number of ether oxygens (including phenoxy) is 2. The van der Waals surface area contributed by atoms with Gasteiger partial charge in [0.1, 0.15) is 0 Å². The van der Waals surface area contributed by atoms with E-state index in [1.807, 2.05) is 0 Å². The van der Waals surface area contributed by atoms with E-state index in [1.165, 1.54) is 6.04 Å². The molecular weight excluding hydrogens is 300 g/mol. The highest BCUT2D eigenvalue weighted by molar-refractivity contribution is 6.84. The van der Waals surface area contributed by atoms with Crippen molar-refractivity contribution < 1.29 is 18.7 Å². The summed E-state index contributed by atoms with van der Waals surface area (Å²) in [4.78, 5) is 0. The van der Waals surface area contributed by atoms with Gasteiger partial charge in [0.15, 0.2) is 16.6 Å². The van der Waals surface area contributed by atoms with Crippen molar-refractivity contribution in [3.05, 3.63) is 0 Å². The van der Waals surface area contributed by atoms with Crippen molar-refractivity contribution in [1.82, 2.24) is 0 Å². The summed E-state index contributed by atoms with van der Waals surface area (Å²) in [5.74, 6) is 0. The van der Waals surface area contributed by atoms with Crippen LogP contribution in [0.25, 0.3) is 0 Å². The Morgan fingerprint density at radius 2 is 1.24 bits per heavy atom. The summed E-state index contributed by atoms with van der Waals surface area (Å²) < 4.78 is 17.4. The van der Waals surface area contributed by atoms with Gasteiger partial charge in [0.05, 0.1) is 13.2 Å². The van der Waals surface area contributed by atoms with Gasteiger partial charge in [-0.2, -0.15) is 0 Å². The Morgan fingerprint density at radius 3 is 1.67 bits per heavy atom. The maximum Gasteiger partial charge on any atom is 0.173 e. The van der Waals surface area contributed by atoms with Crippen LogP contribution in [-0.2, 0) is 13.6 Å². The van der Waals surface area contributed by atoms with E-state index in [4.69, 9.17) is 18.7 Å². The van der Waals surface area contributed by atoms with Gasteiger partial charge in [0.25, 0.3) is 0 Å². The fourth-order valence-electron chi connectivity index (χ4n) is 2.46. The van der Waals surface area contributed by atoms with Crippen molar-refractivity contribution in [2.45, 2.75) is 64.5 Å². The SMILES string of the molecule is CCCOCCC[Si](C)(C)O[Si](C)(C)CCCOCCO. The molecule has 0 atom stereocenters. The molecule has 0 unspecified atom stereocenters. The molecule has 21 heavy (non-hydrogen) atoms. The maximum atomic E-state index is 8.67. The standard InChI is InChI=1S/C15H36O4Si2/c1-6-10-17-11-7-14-20(2,3)19-21(4,5)15-8-12-18-13-9-16/h16H,6-15H2,1-5H3. The monoisotopic (exact) mass is 336 g/mol. The van der Waals surface area contributed by atoms with Crippen LogP contribution in [-0.4, -0.2) is 54.8 Å².